The van der Waals surface area contributed by atoms with E-state index in [1.54, 1.807) is 24.3 Å². The van der Waals surface area contributed by atoms with E-state index in [4.69, 9.17) is 4.74 Å². The Bertz CT molecular complexity index is 1300. The van der Waals surface area contributed by atoms with Crippen molar-refractivity contribution in [2.75, 3.05) is 62.7 Å². The first-order valence-electron chi connectivity index (χ1n) is 14.6. The molecule has 0 bridgehead atoms. The first-order chi connectivity index (χ1) is 20.1. The maximum Gasteiger partial charge on any atom is 0.258 e. The van der Waals surface area contributed by atoms with Crippen molar-refractivity contribution >= 4 is 23.2 Å². The second kappa shape index (κ2) is 14.2. The lowest BCUT2D eigenvalue weighted by molar-refractivity contribution is 0.0374. The van der Waals surface area contributed by atoms with Crippen LogP contribution in [0.15, 0.2) is 72.8 Å². The highest BCUT2D eigenvalue weighted by atomic mass is 19.1. The van der Waals surface area contributed by atoms with E-state index in [9.17, 15) is 14.0 Å². The molecule has 0 saturated carbocycles. The largest absolute Gasteiger partial charge is 0.379 e. The number of nitrogens with one attached hydrogen (secondary N) is 2. The molecule has 216 valence electrons. The lowest BCUT2D eigenvalue weighted by Crippen LogP contribution is -2.38. The summed E-state index contributed by atoms with van der Waals surface area (Å²) in [5.74, 6) is -0.700. The van der Waals surface area contributed by atoms with Crippen molar-refractivity contribution in [2.24, 2.45) is 5.92 Å². The molecule has 41 heavy (non-hydrogen) atoms. The van der Waals surface area contributed by atoms with Crippen LogP contribution in [0, 0.1) is 11.7 Å². The van der Waals surface area contributed by atoms with Gasteiger partial charge in [0, 0.05) is 44.1 Å². The molecule has 2 aliphatic heterocycles. The molecule has 0 atom stereocenters. The molecule has 2 fully saturated rings. The average molecular weight is 559 g/mol. The molecule has 7 nitrogen and oxygen atoms in total. The Labute approximate surface area is 241 Å². The minimum Gasteiger partial charge on any atom is -0.379 e. The summed E-state index contributed by atoms with van der Waals surface area (Å²) in [6, 6.07) is 21.9. The Kier molecular flexibility index (Phi) is 9.99. The topological polar surface area (TPSA) is 73.9 Å². The van der Waals surface area contributed by atoms with Crippen molar-refractivity contribution in [1.82, 2.24) is 10.2 Å². The molecule has 0 radical (unpaired) electrons. The third-order valence-electron chi connectivity index (χ3n) is 7.98. The highest BCUT2D eigenvalue weighted by Gasteiger charge is 2.24. The Morgan fingerprint density at radius 3 is 2.34 bits per heavy atom. The van der Waals surface area contributed by atoms with Crippen LogP contribution < -0.4 is 15.5 Å². The number of morpholine rings is 1. The summed E-state index contributed by atoms with van der Waals surface area (Å²) in [5.41, 5.74) is 3.16. The Hall–Kier alpha value is -3.75. The van der Waals surface area contributed by atoms with Crippen molar-refractivity contribution in [2.45, 2.75) is 25.7 Å². The standard InChI is InChI=1S/C33H39FN4O3/c34-30-10-5-4-9-28(30)33(40)36-27-11-12-31(38-17-13-26(14-18-38)23-25-7-2-1-3-8-25)29(24-27)32(39)35-15-6-16-37-19-21-41-22-20-37/h1-5,7-12,24,26H,6,13-23H2,(H,35,39)(H,36,40). The third kappa shape index (κ3) is 7.93. The van der Waals surface area contributed by atoms with Crippen LogP contribution in [-0.2, 0) is 11.2 Å². The van der Waals surface area contributed by atoms with Crippen LogP contribution in [0.3, 0.4) is 0 Å². The normalized spacial score (nSPS) is 16.4. The Morgan fingerprint density at radius 1 is 0.854 bits per heavy atom. The second-order valence-corrected chi connectivity index (χ2v) is 10.8. The summed E-state index contributed by atoms with van der Waals surface area (Å²) < 4.78 is 19.6. The molecule has 0 unspecified atom stereocenters. The molecule has 8 heteroatoms. The summed E-state index contributed by atoms with van der Waals surface area (Å²) in [7, 11) is 0. The number of ether oxygens (including phenoxy) is 1. The number of hydrogen-bond acceptors (Lipinski definition) is 5. The van der Waals surface area contributed by atoms with Crippen molar-refractivity contribution in [3.05, 3.63) is 95.3 Å². The van der Waals surface area contributed by atoms with Gasteiger partial charge >= 0.3 is 0 Å². The van der Waals surface area contributed by atoms with Crippen LogP contribution in [0.5, 0.6) is 0 Å². The van der Waals surface area contributed by atoms with Gasteiger partial charge in [-0.05, 0) is 74.0 Å². The predicted octanol–water partition coefficient (Wildman–Crippen LogP) is 4.99. The lowest BCUT2D eigenvalue weighted by atomic mass is 9.89. The van der Waals surface area contributed by atoms with E-state index in [2.05, 4.69) is 44.7 Å². The molecule has 2 amide bonds. The molecule has 2 heterocycles. The maximum atomic E-state index is 14.2. The highest BCUT2D eigenvalue weighted by molar-refractivity contribution is 6.06. The molecule has 0 spiro atoms. The maximum absolute atomic E-state index is 14.2. The zero-order valence-electron chi connectivity index (χ0n) is 23.5. The van der Waals surface area contributed by atoms with Gasteiger partial charge in [0.15, 0.2) is 0 Å². The van der Waals surface area contributed by atoms with Crippen LogP contribution >= 0.6 is 0 Å². The SMILES string of the molecule is O=C(Nc1ccc(N2CCC(Cc3ccccc3)CC2)c(C(=O)NCCCN2CCOCC2)c1)c1ccccc1F. The molecule has 0 aromatic heterocycles. The molecule has 2 saturated heterocycles. The number of carbonyl (C=O) groups excluding carboxylic acids is 2. The summed E-state index contributed by atoms with van der Waals surface area (Å²) in [5, 5.41) is 5.86. The molecule has 0 aliphatic carbocycles. The number of carbonyl (C=O) groups is 2. The number of nitrogens with zero attached hydrogens (tertiary/aromatic N) is 2. The monoisotopic (exact) mass is 558 g/mol. The fraction of sp³-hybridized carbons (Fsp3) is 0.394. The minimum atomic E-state index is -0.585. The van der Waals surface area contributed by atoms with Gasteiger partial charge in [-0.25, -0.2) is 4.39 Å². The molecular weight excluding hydrogens is 519 g/mol. The fourth-order valence-corrected chi connectivity index (χ4v) is 5.67. The van der Waals surface area contributed by atoms with E-state index in [-0.39, 0.29) is 11.5 Å². The number of rotatable bonds is 10. The minimum absolute atomic E-state index is 0.0359. The third-order valence-corrected chi connectivity index (χ3v) is 7.98. The summed E-state index contributed by atoms with van der Waals surface area (Å²) in [6.45, 7) is 6.52. The first kappa shape index (κ1) is 28.8. The van der Waals surface area contributed by atoms with Gasteiger partial charge in [-0.3, -0.25) is 14.5 Å². The number of piperidine rings is 1. The Balaban J connectivity index is 1.26. The van der Waals surface area contributed by atoms with Gasteiger partial charge in [-0.2, -0.15) is 0 Å². The zero-order valence-corrected chi connectivity index (χ0v) is 23.5. The van der Waals surface area contributed by atoms with Crippen molar-refractivity contribution in [3.63, 3.8) is 0 Å². The van der Waals surface area contributed by atoms with Crippen LogP contribution in [0.2, 0.25) is 0 Å². The average Bonchev–Trinajstić information content (AvgIpc) is 3.01. The zero-order chi connectivity index (χ0) is 28.4. The summed E-state index contributed by atoms with van der Waals surface area (Å²) in [4.78, 5) is 30.9. The number of anilines is 2. The van der Waals surface area contributed by atoms with Crippen molar-refractivity contribution in [1.29, 1.82) is 0 Å². The second-order valence-electron chi connectivity index (χ2n) is 10.8. The van der Waals surface area contributed by atoms with Crippen molar-refractivity contribution < 1.29 is 18.7 Å². The molecular formula is C33H39FN4O3. The molecule has 2 aliphatic rings. The van der Waals surface area contributed by atoms with Gasteiger partial charge in [0.05, 0.1) is 24.3 Å². The van der Waals surface area contributed by atoms with Crippen LogP contribution in [-0.4, -0.2) is 69.2 Å². The number of hydrogen-bond donors (Lipinski definition) is 2. The van der Waals surface area contributed by atoms with E-state index in [1.165, 1.54) is 17.7 Å². The number of halogens is 1. The number of benzene rings is 3. The molecule has 2 N–H and O–H groups in total. The molecule has 3 aromatic rings. The molecule has 3 aromatic carbocycles. The van der Waals surface area contributed by atoms with Gasteiger partial charge in [0.1, 0.15) is 5.82 Å². The van der Waals surface area contributed by atoms with Crippen LogP contribution in [0.25, 0.3) is 0 Å². The quantitative estimate of drug-likeness (QED) is 0.343. The smallest absolute Gasteiger partial charge is 0.258 e. The number of amides is 2. The van der Waals surface area contributed by atoms with E-state index >= 15 is 0 Å². The van der Waals surface area contributed by atoms with Gasteiger partial charge in [0.2, 0.25) is 0 Å². The van der Waals surface area contributed by atoms with Gasteiger partial charge < -0.3 is 20.3 Å². The Morgan fingerprint density at radius 2 is 1.59 bits per heavy atom. The summed E-state index contributed by atoms with van der Waals surface area (Å²) >= 11 is 0. The predicted molar refractivity (Wildman–Crippen MR) is 160 cm³/mol. The van der Waals surface area contributed by atoms with Gasteiger partial charge in [-0.1, -0.05) is 42.5 Å². The van der Waals surface area contributed by atoms with E-state index in [0.29, 0.717) is 23.7 Å². The van der Waals surface area contributed by atoms with Gasteiger partial charge in [0.25, 0.3) is 11.8 Å². The summed E-state index contributed by atoms with van der Waals surface area (Å²) in [6.07, 6.45) is 3.99. The van der Waals surface area contributed by atoms with Crippen LogP contribution in [0.1, 0.15) is 45.5 Å². The molecule has 5 rings (SSSR count). The van der Waals surface area contributed by atoms with E-state index in [1.807, 2.05) is 12.1 Å². The van der Waals surface area contributed by atoms with Crippen LogP contribution in [0.4, 0.5) is 15.8 Å². The highest BCUT2D eigenvalue weighted by Crippen LogP contribution is 2.30. The lowest BCUT2D eigenvalue weighted by Gasteiger charge is -2.35. The first-order valence-corrected chi connectivity index (χ1v) is 14.6. The van der Waals surface area contributed by atoms with E-state index in [0.717, 1.165) is 77.3 Å². The van der Waals surface area contributed by atoms with Crippen molar-refractivity contribution in [3.8, 4) is 0 Å². The fourth-order valence-electron chi connectivity index (χ4n) is 5.67. The van der Waals surface area contributed by atoms with E-state index < -0.39 is 11.7 Å². The van der Waals surface area contributed by atoms with Gasteiger partial charge in [-0.15, -0.1) is 0 Å².